The van der Waals surface area contributed by atoms with Crippen molar-refractivity contribution in [3.63, 3.8) is 0 Å². The van der Waals surface area contributed by atoms with Gasteiger partial charge in [0.1, 0.15) is 12.2 Å². The largest absolute Gasteiger partial charge is 0.466 e. The lowest BCUT2D eigenvalue weighted by Gasteiger charge is -2.55. The number of cyclic esters (lactones) is 1. The van der Waals surface area contributed by atoms with Gasteiger partial charge >= 0.3 is 29.8 Å². The van der Waals surface area contributed by atoms with Gasteiger partial charge in [-0.25, -0.2) is 9.59 Å². The van der Waals surface area contributed by atoms with E-state index in [1.807, 2.05) is 32.1 Å². The molecular weight excluding hydrogens is 836 g/mol. The molecule has 3 saturated heterocycles. The van der Waals surface area contributed by atoms with Gasteiger partial charge in [0.25, 0.3) is 0 Å². The van der Waals surface area contributed by atoms with Crippen LogP contribution in [-0.4, -0.2) is 133 Å². The van der Waals surface area contributed by atoms with E-state index >= 15 is 0 Å². The van der Waals surface area contributed by atoms with Gasteiger partial charge in [-0.05, 0) is 51.0 Å². The maximum Gasteiger partial charge on any atom is 0.330 e. The van der Waals surface area contributed by atoms with Gasteiger partial charge in [0.15, 0.2) is 11.9 Å². The van der Waals surface area contributed by atoms with Crippen molar-refractivity contribution < 1.29 is 81.9 Å². The van der Waals surface area contributed by atoms with Gasteiger partial charge in [0.2, 0.25) is 5.79 Å². The quantitative estimate of drug-likeness (QED) is 0.141. The number of aliphatic hydroxyl groups excluding tert-OH is 2. The lowest BCUT2D eigenvalue weighted by atomic mass is 9.70. The third-order valence-electron chi connectivity index (χ3n) is 12.7. The minimum absolute atomic E-state index is 0.0729. The van der Waals surface area contributed by atoms with Crippen LogP contribution in [0.1, 0.15) is 119 Å². The third kappa shape index (κ3) is 13.3. The number of carbonyl (C=O) groups is 5. The Morgan fingerprint density at radius 3 is 2.11 bits per heavy atom. The average molecular weight is 907 g/mol. The molecule has 3 fully saturated rings. The van der Waals surface area contributed by atoms with Crippen LogP contribution in [-0.2, 0) is 66.6 Å². The summed E-state index contributed by atoms with van der Waals surface area (Å²) in [5.41, 5.74) is -1.25. The minimum atomic E-state index is -2.27. The fraction of sp³-hybridized carbons (Fsp3) is 0.723. The van der Waals surface area contributed by atoms with E-state index < -0.39 is 114 Å². The first-order valence-electron chi connectivity index (χ1n) is 22.1. The highest BCUT2D eigenvalue weighted by molar-refractivity contribution is 5.83. The van der Waals surface area contributed by atoms with Gasteiger partial charge in [0.05, 0.1) is 62.7 Å². The molecule has 3 N–H and O–H groups in total. The maximum atomic E-state index is 13.5. The zero-order valence-electron chi connectivity index (χ0n) is 39.0. The van der Waals surface area contributed by atoms with Crippen LogP contribution < -0.4 is 0 Å². The first-order chi connectivity index (χ1) is 30.0. The number of allylic oxidation sites excluding steroid dienone is 2. The Balaban J connectivity index is 1.76. The zero-order valence-corrected chi connectivity index (χ0v) is 39.0. The van der Waals surface area contributed by atoms with Gasteiger partial charge in [-0.2, -0.15) is 0 Å². The molecule has 4 rings (SSSR count). The number of ether oxygens (including phenoxy) is 9. The molecule has 360 valence electrons. The monoisotopic (exact) mass is 906 g/mol. The van der Waals surface area contributed by atoms with E-state index in [0.29, 0.717) is 32.1 Å². The highest BCUT2D eigenvalue weighted by atomic mass is 16.7. The summed E-state index contributed by atoms with van der Waals surface area (Å²) in [7, 11) is 3.97. The Kier molecular flexibility index (Phi) is 18.5. The first-order valence-corrected chi connectivity index (χ1v) is 22.1. The number of fused-ring (bicyclic) bond motifs is 6. The summed E-state index contributed by atoms with van der Waals surface area (Å²) in [6.07, 6.45) is 3.53. The molecule has 4 heterocycles. The second-order valence-electron chi connectivity index (χ2n) is 18.4. The van der Waals surface area contributed by atoms with Crippen LogP contribution >= 0.6 is 0 Å². The minimum Gasteiger partial charge on any atom is -0.466 e. The molecule has 64 heavy (non-hydrogen) atoms. The van der Waals surface area contributed by atoms with Crippen molar-refractivity contribution in [3.05, 3.63) is 47.6 Å². The van der Waals surface area contributed by atoms with E-state index in [-0.39, 0.29) is 37.7 Å². The van der Waals surface area contributed by atoms with Crippen molar-refractivity contribution in [1.29, 1.82) is 0 Å². The standard InChI is InChI=1S/C47H70O17/c1-28(48)38-25-35-21-32(22-41(53)57-9)43(60-30(3)50)47(55,64-35)44(4,5)17-15-13-11-12-14-16-34-18-31(20-40(52)56-8)19-37(61-34)27-46(58-10)45(6,7)39(59-29(2)49)26-36(63-46)23-33(51)24-42(54)62-38/h14-17,20,22,28,33-39,43,48,51,55H,11-13,18-19,21,23-27H2,1-10H3/b16-14+,17-15-,31-20+,32-22+/t28-,33-,34+,35+,36-,37+,38-,39+,43+,46+,47-/m1/s1. The molecule has 4 aliphatic heterocycles. The normalized spacial score (nSPS) is 36.7. The van der Waals surface area contributed by atoms with E-state index in [9.17, 15) is 39.3 Å². The summed E-state index contributed by atoms with van der Waals surface area (Å²) in [5, 5.41) is 34.8. The first kappa shape index (κ1) is 52.7. The van der Waals surface area contributed by atoms with Crippen LogP contribution in [0.25, 0.3) is 0 Å². The summed E-state index contributed by atoms with van der Waals surface area (Å²) in [6.45, 7) is 11.0. The number of aliphatic hydroxyl groups is 3. The van der Waals surface area contributed by atoms with Crippen LogP contribution in [0.5, 0.6) is 0 Å². The predicted octanol–water partition coefficient (Wildman–Crippen LogP) is 4.77. The summed E-state index contributed by atoms with van der Waals surface area (Å²) in [6, 6.07) is 0. The van der Waals surface area contributed by atoms with E-state index in [0.717, 1.165) is 11.6 Å². The molecular formula is C47H70O17. The highest BCUT2D eigenvalue weighted by Gasteiger charge is 2.60. The topological polar surface area (TPSA) is 229 Å². The molecule has 6 bridgehead atoms. The number of rotatable bonds is 6. The van der Waals surface area contributed by atoms with Gasteiger partial charge in [-0.1, -0.05) is 57.6 Å². The van der Waals surface area contributed by atoms with Crippen LogP contribution in [0, 0.1) is 10.8 Å². The van der Waals surface area contributed by atoms with E-state index in [1.54, 1.807) is 19.9 Å². The molecule has 0 aromatic rings. The number of hydrogen-bond acceptors (Lipinski definition) is 17. The average Bonchev–Trinajstić information content (AvgIpc) is 3.19. The summed E-state index contributed by atoms with van der Waals surface area (Å²) in [5.74, 6) is -7.10. The second kappa shape index (κ2) is 22.5. The molecule has 0 aromatic heterocycles. The Morgan fingerprint density at radius 1 is 0.828 bits per heavy atom. The lowest BCUT2D eigenvalue weighted by molar-refractivity contribution is -0.358. The van der Waals surface area contributed by atoms with Crippen molar-refractivity contribution in [2.24, 2.45) is 10.8 Å². The maximum absolute atomic E-state index is 13.5. The molecule has 17 nitrogen and oxygen atoms in total. The van der Waals surface area contributed by atoms with Crippen molar-refractivity contribution in [2.45, 2.75) is 186 Å². The predicted molar refractivity (Wildman–Crippen MR) is 229 cm³/mol. The summed E-state index contributed by atoms with van der Waals surface area (Å²) < 4.78 is 53.1. The fourth-order valence-electron chi connectivity index (χ4n) is 9.11. The number of hydrogen-bond donors (Lipinski definition) is 3. The molecule has 0 spiro atoms. The fourth-order valence-corrected chi connectivity index (χ4v) is 9.11. The summed E-state index contributed by atoms with van der Waals surface area (Å²) >= 11 is 0. The SMILES string of the molecule is COC(=O)/C=C1/C[C@H]2C[C@]3(OC)O[C@H](C[C@@H](O)CC(=O)O[C@@H]([C@@H](C)O)C[C@@H]4C/C(=C\C(=O)OC)[C@H](OC(C)=O)[C@@](O)(O4)C(C)(C)/C=C\CCC/C=C/[C@@H](C1)O2)C[C@H](OC(C)=O)C3(C)C. The van der Waals surface area contributed by atoms with Gasteiger partial charge in [0, 0.05) is 64.2 Å². The Morgan fingerprint density at radius 2 is 1.48 bits per heavy atom. The van der Waals surface area contributed by atoms with Crippen molar-refractivity contribution in [2.75, 3.05) is 21.3 Å². The Bertz CT molecular complexity index is 1780. The molecule has 0 saturated carbocycles. The zero-order chi connectivity index (χ0) is 47.6. The van der Waals surface area contributed by atoms with Crippen molar-refractivity contribution >= 4 is 29.8 Å². The van der Waals surface area contributed by atoms with Gasteiger partial charge < -0.3 is 58.0 Å². The Labute approximate surface area is 376 Å². The third-order valence-corrected chi connectivity index (χ3v) is 12.7. The molecule has 4 aliphatic rings. The highest BCUT2D eigenvalue weighted by Crippen LogP contribution is 2.51. The number of carbonyl (C=O) groups excluding carboxylic acids is 5. The number of methoxy groups -OCH3 is 3. The van der Waals surface area contributed by atoms with Crippen LogP contribution in [0.2, 0.25) is 0 Å². The molecule has 0 amide bonds. The lowest BCUT2D eigenvalue weighted by Crippen LogP contribution is -2.63. The van der Waals surface area contributed by atoms with Gasteiger partial charge in [-0.15, -0.1) is 0 Å². The van der Waals surface area contributed by atoms with Crippen LogP contribution in [0.3, 0.4) is 0 Å². The van der Waals surface area contributed by atoms with Gasteiger partial charge in [-0.3, -0.25) is 14.4 Å². The summed E-state index contributed by atoms with van der Waals surface area (Å²) in [4.78, 5) is 63.6. The van der Waals surface area contributed by atoms with Crippen molar-refractivity contribution in [3.8, 4) is 0 Å². The molecule has 0 aliphatic carbocycles. The van der Waals surface area contributed by atoms with E-state index in [2.05, 4.69) is 0 Å². The Hall–Kier alpha value is -3.97. The van der Waals surface area contributed by atoms with E-state index in [4.69, 9.17) is 42.6 Å². The second-order valence-corrected chi connectivity index (χ2v) is 18.4. The molecule has 0 radical (unpaired) electrons. The number of esters is 5. The van der Waals surface area contributed by atoms with Crippen molar-refractivity contribution in [1.82, 2.24) is 0 Å². The smallest absolute Gasteiger partial charge is 0.330 e. The molecule has 0 unspecified atom stereocenters. The molecule has 17 heteroatoms. The van der Waals surface area contributed by atoms with Crippen LogP contribution in [0.4, 0.5) is 0 Å². The van der Waals surface area contributed by atoms with Crippen LogP contribution in [0.15, 0.2) is 47.6 Å². The molecule has 11 atom stereocenters. The molecule has 0 aromatic carbocycles. The van der Waals surface area contributed by atoms with E-state index in [1.165, 1.54) is 48.2 Å².